The Balaban J connectivity index is 1.76. The van der Waals surface area contributed by atoms with Crippen molar-refractivity contribution in [2.24, 2.45) is 0 Å². The molecule has 126 valence electrons. The monoisotopic (exact) mass is 344 g/mol. The van der Waals surface area contributed by atoms with E-state index in [0.717, 1.165) is 30.4 Å². The van der Waals surface area contributed by atoms with E-state index in [2.05, 4.69) is 10.0 Å². The van der Waals surface area contributed by atoms with Gasteiger partial charge in [0.2, 0.25) is 5.91 Å². The Bertz CT molecular complexity index is 858. The molecule has 2 aromatic carbocycles. The molecule has 0 fully saturated rings. The Morgan fingerprint density at radius 3 is 2.46 bits per heavy atom. The summed E-state index contributed by atoms with van der Waals surface area (Å²) in [5, 5.41) is 2.56. The maximum Gasteiger partial charge on any atom is 0.261 e. The van der Waals surface area contributed by atoms with Crippen molar-refractivity contribution in [3.8, 4) is 0 Å². The number of benzene rings is 2. The Kier molecular flexibility index (Phi) is 4.57. The van der Waals surface area contributed by atoms with Crippen molar-refractivity contribution in [1.82, 2.24) is 5.32 Å². The molecule has 0 bridgehead atoms. The van der Waals surface area contributed by atoms with Crippen LogP contribution in [-0.2, 0) is 34.1 Å². The molecule has 1 aliphatic rings. The minimum absolute atomic E-state index is 0.0820. The molecule has 3 rings (SSSR count). The van der Waals surface area contributed by atoms with Crippen molar-refractivity contribution < 1.29 is 13.2 Å². The van der Waals surface area contributed by atoms with Crippen LogP contribution in [0.5, 0.6) is 0 Å². The first-order chi connectivity index (χ1) is 11.5. The van der Waals surface area contributed by atoms with Crippen LogP contribution in [0, 0.1) is 0 Å². The molecule has 0 unspecified atom stereocenters. The normalized spacial score (nSPS) is 13.4. The molecule has 24 heavy (non-hydrogen) atoms. The van der Waals surface area contributed by atoms with Crippen molar-refractivity contribution in [2.45, 2.75) is 30.6 Å². The van der Waals surface area contributed by atoms with E-state index in [0.29, 0.717) is 5.69 Å². The lowest BCUT2D eigenvalue weighted by molar-refractivity contribution is -0.119. The predicted molar refractivity (Wildman–Crippen MR) is 93.5 cm³/mol. The summed E-state index contributed by atoms with van der Waals surface area (Å²) >= 11 is 0. The zero-order chi connectivity index (χ0) is 17.2. The Labute approximate surface area is 142 Å². The molecule has 0 heterocycles. The fourth-order valence-electron chi connectivity index (χ4n) is 2.89. The molecular weight excluding hydrogens is 324 g/mol. The number of nitrogens with one attached hydrogen (secondary N) is 2. The van der Waals surface area contributed by atoms with E-state index < -0.39 is 10.0 Å². The lowest BCUT2D eigenvalue weighted by Crippen LogP contribution is -2.19. The highest BCUT2D eigenvalue weighted by molar-refractivity contribution is 7.92. The van der Waals surface area contributed by atoms with Crippen molar-refractivity contribution in [3.63, 3.8) is 0 Å². The summed E-state index contributed by atoms with van der Waals surface area (Å²) in [6.07, 6.45) is 3.32. The zero-order valence-corrected chi connectivity index (χ0v) is 14.3. The van der Waals surface area contributed by atoms with Crippen LogP contribution >= 0.6 is 0 Å². The number of sulfonamides is 1. The number of aryl methyl sites for hydroxylation is 2. The van der Waals surface area contributed by atoms with E-state index in [1.165, 1.54) is 5.56 Å². The van der Waals surface area contributed by atoms with Gasteiger partial charge in [-0.1, -0.05) is 18.2 Å². The summed E-state index contributed by atoms with van der Waals surface area (Å²) in [6.45, 7) is 0. The van der Waals surface area contributed by atoms with E-state index in [1.54, 1.807) is 43.4 Å². The van der Waals surface area contributed by atoms with Crippen molar-refractivity contribution in [3.05, 3.63) is 59.2 Å². The van der Waals surface area contributed by atoms with Gasteiger partial charge in [0, 0.05) is 12.7 Å². The maximum absolute atomic E-state index is 12.5. The summed E-state index contributed by atoms with van der Waals surface area (Å²) in [7, 11) is -2.02. The summed E-state index contributed by atoms with van der Waals surface area (Å²) < 4.78 is 27.7. The second-order valence-electron chi connectivity index (χ2n) is 5.94. The Hall–Kier alpha value is -2.34. The third-order valence-corrected chi connectivity index (χ3v) is 5.61. The number of likely N-dealkylation sites (N-methyl/N-ethyl adjacent to an activating group) is 1. The van der Waals surface area contributed by atoms with Crippen molar-refractivity contribution in [2.75, 3.05) is 11.8 Å². The molecule has 6 heteroatoms. The fourth-order valence-corrected chi connectivity index (χ4v) is 4.00. The van der Waals surface area contributed by atoms with Crippen LogP contribution in [0.25, 0.3) is 0 Å². The van der Waals surface area contributed by atoms with Crippen LogP contribution in [0.3, 0.4) is 0 Å². The number of hydrogen-bond donors (Lipinski definition) is 2. The molecule has 1 amide bonds. The molecule has 0 aromatic heterocycles. The first-order valence-electron chi connectivity index (χ1n) is 7.92. The largest absolute Gasteiger partial charge is 0.359 e. The average molecular weight is 344 g/mol. The van der Waals surface area contributed by atoms with Gasteiger partial charge in [-0.3, -0.25) is 9.52 Å². The lowest BCUT2D eigenvalue weighted by atomic mass is 10.1. The highest BCUT2D eigenvalue weighted by Crippen LogP contribution is 2.25. The molecule has 0 radical (unpaired) electrons. The van der Waals surface area contributed by atoms with Crippen LogP contribution in [0.15, 0.2) is 47.4 Å². The van der Waals surface area contributed by atoms with Gasteiger partial charge in [0.25, 0.3) is 10.0 Å². The number of amides is 1. The summed E-state index contributed by atoms with van der Waals surface area (Å²) in [4.78, 5) is 11.6. The van der Waals surface area contributed by atoms with Crippen LogP contribution in [0.2, 0.25) is 0 Å². The Morgan fingerprint density at radius 1 is 1.04 bits per heavy atom. The average Bonchev–Trinajstić information content (AvgIpc) is 3.04. The van der Waals surface area contributed by atoms with E-state index >= 15 is 0 Å². The minimum Gasteiger partial charge on any atom is -0.359 e. The highest BCUT2D eigenvalue weighted by Gasteiger charge is 2.18. The number of rotatable bonds is 5. The number of hydrogen-bond acceptors (Lipinski definition) is 3. The second-order valence-corrected chi connectivity index (χ2v) is 7.62. The first-order valence-corrected chi connectivity index (χ1v) is 9.40. The molecule has 0 spiro atoms. The van der Waals surface area contributed by atoms with Crippen LogP contribution in [0.1, 0.15) is 23.1 Å². The van der Waals surface area contributed by atoms with Crippen molar-refractivity contribution in [1.29, 1.82) is 0 Å². The van der Waals surface area contributed by atoms with Gasteiger partial charge < -0.3 is 5.32 Å². The molecule has 5 nitrogen and oxygen atoms in total. The van der Waals surface area contributed by atoms with E-state index in [4.69, 9.17) is 0 Å². The van der Waals surface area contributed by atoms with Gasteiger partial charge in [-0.25, -0.2) is 8.42 Å². The van der Waals surface area contributed by atoms with Gasteiger partial charge in [-0.15, -0.1) is 0 Å². The summed E-state index contributed by atoms with van der Waals surface area (Å²) in [6, 6.07) is 12.2. The standard InChI is InChI=1S/C18H20N2O3S/c1-19-18(21)11-13-5-8-16(9-6-13)20-24(22,23)17-10-7-14-3-2-4-15(14)12-17/h5-10,12,20H,2-4,11H2,1H3,(H,19,21). The third kappa shape index (κ3) is 3.59. The first kappa shape index (κ1) is 16.5. The SMILES string of the molecule is CNC(=O)Cc1ccc(NS(=O)(=O)c2ccc3c(c2)CCC3)cc1. The lowest BCUT2D eigenvalue weighted by Gasteiger charge is -2.10. The molecule has 0 atom stereocenters. The van der Waals surface area contributed by atoms with Crippen LogP contribution < -0.4 is 10.0 Å². The topological polar surface area (TPSA) is 75.3 Å². The quantitative estimate of drug-likeness (QED) is 0.874. The molecule has 2 aromatic rings. The smallest absolute Gasteiger partial charge is 0.261 e. The number of anilines is 1. The molecule has 0 saturated carbocycles. The summed E-state index contributed by atoms with van der Waals surface area (Å²) in [5.41, 5.74) is 3.68. The Morgan fingerprint density at radius 2 is 1.75 bits per heavy atom. The molecule has 0 aliphatic heterocycles. The van der Waals surface area contributed by atoms with E-state index in [9.17, 15) is 13.2 Å². The maximum atomic E-state index is 12.5. The fraction of sp³-hybridized carbons (Fsp3) is 0.278. The van der Waals surface area contributed by atoms with Crippen LogP contribution in [0.4, 0.5) is 5.69 Å². The minimum atomic E-state index is -3.60. The van der Waals surface area contributed by atoms with E-state index in [1.807, 2.05) is 6.07 Å². The van der Waals surface area contributed by atoms with Gasteiger partial charge in [0.15, 0.2) is 0 Å². The molecule has 2 N–H and O–H groups in total. The molecule has 1 aliphatic carbocycles. The predicted octanol–water partition coefficient (Wildman–Crippen LogP) is 2.26. The highest BCUT2D eigenvalue weighted by atomic mass is 32.2. The third-order valence-electron chi connectivity index (χ3n) is 4.23. The zero-order valence-electron chi connectivity index (χ0n) is 13.5. The second kappa shape index (κ2) is 6.65. The van der Waals surface area contributed by atoms with Gasteiger partial charge in [0.05, 0.1) is 11.3 Å². The summed E-state index contributed by atoms with van der Waals surface area (Å²) in [5.74, 6) is -0.0820. The van der Waals surface area contributed by atoms with Crippen molar-refractivity contribution >= 4 is 21.6 Å². The van der Waals surface area contributed by atoms with Crippen LogP contribution in [-0.4, -0.2) is 21.4 Å². The number of fused-ring (bicyclic) bond motifs is 1. The van der Waals surface area contributed by atoms with Gasteiger partial charge in [-0.2, -0.15) is 0 Å². The number of carbonyl (C=O) groups is 1. The molecular formula is C18H20N2O3S. The van der Waals surface area contributed by atoms with E-state index in [-0.39, 0.29) is 17.2 Å². The molecule has 0 saturated heterocycles. The number of carbonyl (C=O) groups excluding carboxylic acids is 1. The van der Waals surface area contributed by atoms with Gasteiger partial charge in [0.1, 0.15) is 0 Å². The van der Waals surface area contributed by atoms with Gasteiger partial charge in [-0.05, 0) is 60.2 Å². The van der Waals surface area contributed by atoms with Gasteiger partial charge >= 0.3 is 0 Å².